The average molecular weight is 294 g/mol. The molecular formula is C17H28NO3+. The Labute approximate surface area is 128 Å². The van der Waals surface area contributed by atoms with Crippen LogP contribution in [0.2, 0.25) is 0 Å². The van der Waals surface area contributed by atoms with Gasteiger partial charge in [-0.25, -0.2) is 0 Å². The predicted octanol–water partition coefficient (Wildman–Crippen LogP) is 2.89. The number of ether oxygens (including phenoxy) is 3. The van der Waals surface area contributed by atoms with Gasteiger partial charge in [-0.05, 0) is 5.56 Å². The second-order valence-corrected chi connectivity index (χ2v) is 5.81. The maximum atomic E-state index is 5.35. The Hall–Kier alpha value is -1.20. The maximum Gasteiger partial charge on any atom is 0.287 e. The van der Waals surface area contributed by atoms with E-state index in [2.05, 4.69) is 44.9 Å². The summed E-state index contributed by atoms with van der Waals surface area (Å²) in [5, 5.41) is 0. The fraction of sp³-hybridized carbons (Fsp3) is 0.529. The highest BCUT2D eigenvalue weighted by atomic mass is 16.9. The van der Waals surface area contributed by atoms with Crippen molar-refractivity contribution in [3.05, 3.63) is 42.0 Å². The molecule has 0 aromatic heterocycles. The van der Waals surface area contributed by atoms with Gasteiger partial charge in [0.15, 0.2) is 0 Å². The highest BCUT2D eigenvalue weighted by Crippen LogP contribution is 2.20. The molecule has 0 bridgehead atoms. The Morgan fingerprint density at radius 2 is 1.57 bits per heavy atom. The molecule has 0 N–H and O–H groups in total. The fourth-order valence-corrected chi connectivity index (χ4v) is 2.33. The first-order valence-electron chi connectivity index (χ1n) is 7.09. The van der Waals surface area contributed by atoms with Crippen LogP contribution in [0.3, 0.4) is 0 Å². The van der Waals surface area contributed by atoms with E-state index in [1.165, 1.54) is 5.56 Å². The van der Waals surface area contributed by atoms with Crippen molar-refractivity contribution in [1.82, 2.24) is 0 Å². The zero-order chi connectivity index (χ0) is 15.9. The molecule has 0 amide bonds. The first-order chi connectivity index (χ1) is 9.90. The van der Waals surface area contributed by atoms with Gasteiger partial charge in [-0.2, -0.15) is 0 Å². The van der Waals surface area contributed by atoms with Crippen LogP contribution in [-0.2, 0) is 20.8 Å². The molecule has 1 rings (SSSR count). The van der Waals surface area contributed by atoms with Gasteiger partial charge in [-0.15, -0.1) is 0 Å². The summed E-state index contributed by atoms with van der Waals surface area (Å²) >= 11 is 0. The second-order valence-electron chi connectivity index (χ2n) is 5.81. The summed E-state index contributed by atoms with van der Waals surface area (Å²) in [7, 11) is 9.17. The fourth-order valence-electron chi connectivity index (χ4n) is 2.33. The van der Waals surface area contributed by atoms with E-state index in [9.17, 15) is 0 Å². The summed E-state index contributed by atoms with van der Waals surface area (Å²) in [5.41, 5.74) is 2.43. The lowest BCUT2D eigenvalue weighted by molar-refractivity contribution is -0.905. The van der Waals surface area contributed by atoms with Crippen LogP contribution in [0.4, 0.5) is 0 Å². The van der Waals surface area contributed by atoms with Crippen molar-refractivity contribution in [1.29, 1.82) is 0 Å². The minimum Gasteiger partial charge on any atom is -0.331 e. The third kappa shape index (κ3) is 5.25. The number of hydrogen-bond donors (Lipinski definition) is 0. The van der Waals surface area contributed by atoms with Crippen LogP contribution >= 0.6 is 0 Å². The Balaban J connectivity index is 2.65. The van der Waals surface area contributed by atoms with Crippen LogP contribution < -0.4 is 0 Å². The molecule has 21 heavy (non-hydrogen) atoms. The highest BCUT2D eigenvalue weighted by molar-refractivity contribution is 5.47. The van der Waals surface area contributed by atoms with Crippen LogP contribution in [0, 0.1) is 0 Å². The molecule has 0 unspecified atom stereocenters. The molecule has 0 aliphatic rings. The third-order valence-corrected chi connectivity index (χ3v) is 3.78. The summed E-state index contributed by atoms with van der Waals surface area (Å²) < 4.78 is 16.9. The standard InChI is InChI=1S/C17H28NO3/c1-7-15-8-10-16(11-9-15)14-18(2,3)13-12-17(19-4,20-5)21-6/h7-11H,1,12-14H2,2-6H3/q+1. The molecule has 4 heteroatoms. The molecule has 0 radical (unpaired) electrons. The van der Waals surface area contributed by atoms with Gasteiger partial charge in [0.1, 0.15) is 6.54 Å². The van der Waals surface area contributed by atoms with E-state index < -0.39 is 5.97 Å². The Bertz CT molecular complexity index is 428. The topological polar surface area (TPSA) is 27.7 Å². The molecule has 1 aromatic rings. The van der Waals surface area contributed by atoms with Gasteiger partial charge in [0.25, 0.3) is 5.97 Å². The van der Waals surface area contributed by atoms with E-state index in [-0.39, 0.29) is 0 Å². The molecule has 4 nitrogen and oxygen atoms in total. The number of rotatable bonds is 9. The predicted molar refractivity (Wildman–Crippen MR) is 85.6 cm³/mol. The molecule has 0 atom stereocenters. The van der Waals surface area contributed by atoms with Gasteiger partial charge in [-0.3, -0.25) is 0 Å². The van der Waals surface area contributed by atoms with Gasteiger partial charge in [0, 0.05) is 26.9 Å². The Morgan fingerprint density at radius 1 is 1.05 bits per heavy atom. The minimum absolute atomic E-state index is 0.661. The molecule has 0 spiro atoms. The van der Waals surface area contributed by atoms with Gasteiger partial charge in [0.2, 0.25) is 0 Å². The molecule has 0 aliphatic heterocycles. The first-order valence-corrected chi connectivity index (χ1v) is 7.09. The van der Waals surface area contributed by atoms with Crippen LogP contribution in [0.15, 0.2) is 30.8 Å². The number of methoxy groups -OCH3 is 3. The van der Waals surface area contributed by atoms with Crippen molar-refractivity contribution in [2.24, 2.45) is 0 Å². The lowest BCUT2D eigenvalue weighted by atomic mass is 10.1. The summed E-state index contributed by atoms with van der Waals surface area (Å²) in [6.07, 6.45) is 2.52. The number of nitrogens with zero attached hydrogens (tertiary/aromatic N) is 1. The summed E-state index contributed by atoms with van der Waals surface area (Å²) in [6.45, 7) is 5.58. The zero-order valence-corrected chi connectivity index (χ0v) is 13.9. The van der Waals surface area contributed by atoms with E-state index in [1.54, 1.807) is 21.3 Å². The molecule has 0 heterocycles. The van der Waals surface area contributed by atoms with E-state index in [4.69, 9.17) is 14.2 Å². The molecule has 118 valence electrons. The first kappa shape index (κ1) is 17.9. The summed E-state index contributed by atoms with van der Waals surface area (Å²) in [4.78, 5) is 0. The minimum atomic E-state index is -0.956. The van der Waals surface area contributed by atoms with Crippen molar-refractivity contribution in [2.75, 3.05) is 42.0 Å². The van der Waals surface area contributed by atoms with Crippen molar-refractivity contribution in [3.8, 4) is 0 Å². The third-order valence-electron chi connectivity index (χ3n) is 3.78. The summed E-state index contributed by atoms with van der Waals surface area (Å²) in [5.74, 6) is -0.956. The largest absolute Gasteiger partial charge is 0.331 e. The van der Waals surface area contributed by atoms with Gasteiger partial charge >= 0.3 is 0 Å². The van der Waals surface area contributed by atoms with Crippen LogP contribution in [0.25, 0.3) is 6.08 Å². The maximum absolute atomic E-state index is 5.35. The van der Waals surface area contributed by atoms with Crippen molar-refractivity contribution in [2.45, 2.75) is 18.9 Å². The molecule has 1 aromatic carbocycles. The van der Waals surface area contributed by atoms with Gasteiger partial charge in [-0.1, -0.05) is 36.9 Å². The van der Waals surface area contributed by atoms with E-state index >= 15 is 0 Å². The lowest BCUT2D eigenvalue weighted by Crippen LogP contribution is -2.46. The molecule has 0 fully saturated rings. The molecule has 0 aliphatic carbocycles. The van der Waals surface area contributed by atoms with E-state index in [1.807, 2.05) is 6.08 Å². The summed E-state index contributed by atoms with van der Waals surface area (Å²) in [6, 6.07) is 8.47. The molecule has 0 saturated carbocycles. The molecular weight excluding hydrogens is 266 g/mol. The number of hydrogen-bond acceptors (Lipinski definition) is 3. The Kier molecular flexibility index (Phi) is 6.55. The van der Waals surface area contributed by atoms with E-state index in [0.717, 1.165) is 23.1 Å². The lowest BCUT2D eigenvalue weighted by Gasteiger charge is -2.35. The quantitative estimate of drug-likeness (QED) is 0.518. The SMILES string of the molecule is C=Cc1ccc(C[N+](C)(C)CCC(OC)(OC)OC)cc1. The monoisotopic (exact) mass is 294 g/mol. The number of quaternary nitrogens is 1. The van der Waals surface area contributed by atoms with Gasteiger partial charge in [0.05, 0.1) is 27.1 Å². The Morgan fingerprint density at radius 3 is 2.00 bits per heavy atom. The second kappa shape index (κ2) is 7.71. The zero-order valence-electron chi connectivity index (χ0n) is 13.9. The molecule has 0 saturated heterocycles. The van der Waals surface area contributed by atoms with Gasteiger partial charge < -0.3 is 18.7 Å². The van der Waals surface area contributed by atoms with Crippen LogP contribution in [0.1, 0.15) is 17.5 Å². The van der Waals surface area contributed by atoms with Crippen molar-refractivity contribution >= 4 is 6.08 Å². The van der Waals surface area contributed by atoms with Crippen LogP contribution in [0.5, 0.6) is 0 Å². The normalized spacial score (nSPS) is 12.4. The van der Waals surface area contributed by atoms with Crippen molar-refractivity contribution in [3.63, 3.8) is 0 Å². The number of benzene rings is 1. The average Bonchev–Trinajstić information content (AvgIpc) is 2.50. The highest BCUT2D eigenvalue weighted by Gasteiger charge is 2.32. The smallest absolute Gasteiger partial charge is 0.287 e. The van der Waals surface area contributed by atoms with Crippen molar-refractivity contribution < 1.29 is 18.7 Å². The van der Waals surface area contributed by atoms with Crippen LogP contribution in [-0.4, -0.2) is 52.4 Å². The van der Waals surface area contributed by atoms with E-state index in [0.29, 0.717) is 6.42 Å².